The molecule has 0 aliphatic carbocycles. The molecule has 19 heavy (non-hydrogen) atoms. The van der Waals surface area contributed by atoms with Gasteiger partial charge in [-0.25, -0.2) is 4.98 Å². The number of nitrogens with zero attached hydrogens (tertiary/aromatic N) is 4. The molecule has 1 atom stereocenters. The van der Waals surface area contributed by atoms with E-state index in [0.717, 1.165) is 28.4 Å². The Bertz CT molecular complexity index is 709. The van der Waals surface area contributed by atoms with Crippen LogP contribution in [-0.4, -0.2) is 19.3 Å². The van der Waals surface area contributed by atoms with E-state index in [1.807, 2.05) is 37.7 Å². The number of fused-ring (bicyclic) bond motifs is 1. The Morgan fingerprint density at radius 1 is 1.47 bits per heavy atom. The Morgan fingerprint density at radius 3 is 2.89 bits per heavy atom. The molecule has 6 heteroatoms. The van der Waals surface area contributed by atoms with Crippen LogP contribution in [0.2, 0.25) is 0 Å². The van der Waals surface area contributed by atoms with Gasteiger partial charge in [-0.15, -0.1) is 11.6 Å². The van der Waals surface area contributed by atoms with Crippen molar-refractivity contribution in [3.8, 4) is 0 Å². The molecule has 0 N–H and O–H groups in total. The summed E-state index contributed by atoms with van der Waals surface area (Å²) < 4.78 is 9.31. The highest BCUT2D eigenvalue weighted by atomic mass is 35.5. The van der Waals surface area contributed by atoms with Crippen molar-refractivity contribution in [3.63, 3.8) is 0 Å². The topological polar surface area (TPSA) is 48.8 Å². The average Bonchev–Trinajstić information content (AvgIpc) is 3.00. The quantitative estimate of drug-likeness (QED) is 0.692. The van der Waals surface area contributed by atoms with E-state index in [-0.39, 0.29) is 5.38 Å². The van der Waals surface area contributed by atoms with Crippen molar-refractivity contribution in [3.05, 3.63) is 35.7 Å². The molecule has 3 heterocycles. The van der Waals surface area contributed by atoms with Crippen LogP contribution in [0.15, 0.2) is 22.8 Å². The third-order valence-electron chi connectivity index (χ3n) is 3.17. The monoisotopic (exact) mass is 278 g/mol. The molecular formula is C13H15ClN4O. The molecule has 0 radical (unpaired) electrons. The molecule has 0 aliphatic rings. The van der Waals surface area contributed by atoms with Crippen LogP contribution in [0.25, 0.3) is 11.2 Å². The van der Waals surface area contributed by atoms with Crippen molar-refractivity contribution in [2.45, 2.75) is 25.8 Å². The van der Waals surface area contributed by atoms with Crippen LogP contribution in [0.4, 0.5) is 0 Å². The minimum atomic E-state index is -0.165. The summed E-state index contributed by atoms with van der Waals surface area (Å²) in [6, 6.07) is 3.82. The van der Waals surface area contributed by atoms with Crippen LogP contribution in [0.3, 0.4) is 0 Å². The number of aryl methyl sites for hydroxylation is 2. The first kappa shape index (κ1) is 12.3. The smallest absolute Gasteiger partial charge is 0.159 e. The Balaban J connectivity index is 2.21. The summed E-state index contributed by atoms with van der Waals surface area (Å²) in [5.74, 6) is 1.71. The summed E-state index contributed by atoms with van der Waals surface area (Å²) in [6.07, 6.45) is 1.67. The van der Waals surface area contributed by atoms with Gasteiger partial charge in [0.25, 0.3) is 0 Å². The number of imidazole rings is 1. The van der Waals surface area contributed by atoms with Crippen LogP contribution >= 0.6 is 11.6 Å². The zero-order valence-corrected chi connectivity index (χ0v) is 11.8. The van der Waals surface area contributed by atoms with Gasteiger partial charge in [-0.05, 0) is 26.0 Å². The van der Waals surface area contributed by atoms with E-state index in [0.29, 0.717) is 6.54 Å². The van der Waals surface area contributed by atoms with Gasteiger partial charge in [0.1, 0.15) is 17.1 Å². The predicted molar refractivity (Wildman–Crippen MR) is 73.3 cm³/mol. The standard InChI is InChI=1S/C13H15ClN4O/c1-8(14)12-15-11-9(2)16-17(3)13(11)18(12)7-10-5-4-6-19-10/h4-6,8H,7H2,1-3H3. The van der Waals surface area contributed by atoms with E-state index in [4.69, 9.17) is 16.0 Å². The van der Waals surface area contributed by atoms with Gasteiger partial charge in [-0.1, -0.05) is 0 Å². The molecule has 0 saturated heterocycles. The third-order valence-corrected chi connectivity index (χ3v) is 3.36. The lowest BCUT2D eigenvalue weighted by molar-refractivity contribution is 0.489. The van der Waals surface area contributed by atoms with Crippen molar-refractivity contribution < 1.29 is 4.42 Å². The lowest BCUT2D eigenvalue weighted by atomic mass is 10.4. The Labute approximate surface area is 115 Å². The zero-order chi connectivity index (χ0) is 13.6. The lowest BCUT2D eigenvalue weighted by Crippen LogP contribution is -2.08. The summed E-state index contributed by atoms with van der Waals surface area (Å²) in [6.45, 7) is 4.48. The molecule has 0 spiro atoms. The minimum Gasteiger partial charge on any atom is -0.467 e. The van der Waals surface area contributed by atoms with Crippen molar-refractivity contribution in [1.29, 1.82) is 0 Å². The number of hydrogen-bond donors (Lipinski definition) is 0. The molecule has 3 aromatic rings. The molecule has 1 unspecified atom stereocenters. The normalized spacial score (nSPS) is 13.3. The van der Waals surface area contributed by atoms with Gasteiger partial charge in [0.15, 0.2) is 5.65 Å². The highest BCUT2D eigenvalue weighted by Gasteiger charge is 2.20. The molecule has 0 saturated carbocycles. The zero-order valence-electron chi connectivity index (χ0n) is 11.1. The molecule has 0 aliphatic heterocycles. The van der Waals surface area contributed by atoms with Crippen LogP contribution in [0, 0.1) is 6.92 Å². The van der Waals surface area contributed by atoms with Gasteiger partial charge < -0.3 is 8.98 Å². The average molecular weight is 279 g/mol. The fraction of sp³-hybridized carbons (Fsp3) is 0.385. The van der Waals surface area contributed by atoms with E-state index in [1.54, 1.807) is 6.26 Å². The first-order valence-corrected chi connectivity index (χ1v) is 6.57. The molecule has 3 rings (SSSR count). The lowest BCUT2D eigenvalue weighted by Gasteiger charge is -2.09. The number of hydrogen-bond acceptors (Lipinski definition) is 3. The second kappa shape index (κ2) is 4.42. The summed E-state index contributed by atoms with van der Waals surface area (Å²) >= 11 is 6.24. The Morgan fingerprint density at radius 2 is 2.26 bits per heavy atom. The summed E-state index contributed by atoms with van der Waals surface area (Å²) in [7, 11) is 1.92. The SMILES string of the molecule is Cc1nn(C)c2c1nc(C(C)Cl)n2Cc1ccco1. The number of furan rings is 1. The maximum atomic E-state index is 6.24. The maximum absolute atomic E-state index is 6.24. The number of aromatic nitrogens is 4. The highest BCUT2D eigenvalue weighted by Crippen LogP contribution is 2.26. The van der Waals surface area contributed by atoms with Crippen molar-refractivity contribution >= 4 is 22.8 Å². The second-order valence-corrected chi connectivity index (χ2v) is 5.29. The number of rotatable bonds is 3. The largest absolute Gasteiger partial charge is 0.467 e. The molecule has 100 valence electrons. The van der Waals surface area contributed by atoms with E-state index in [2.05, 4.69) is 14.6 Å². The van der Waals surface area contributed by atoms with Crippen LogP contribution in [-0.2, 0) is 13.6 Å². The molecule has 5 nitrogen and oxygen atoms in total. The molecule has 0 amide bonds. The minimum absolute atomic E-state index is 0.165. The fourth-order valence-corrected chi connectivity index (χ4v) is 2.54. The Hall–Kier alpha value is -1.75. The van der Waals surface area contributed by atoms with Crippen LogP contribution in [0.5, 0.6) is 0 Å². The third kappa shape index (κ3) is 1.94. The van der Waals surface area contributed by atoms with Gasteiger partial charge in [0.2, 0.25) is 0 Å². The van der Waals surface area contributed by atoms with E-state index in [9.17, 15) is 0 Å². The highest BCUT2D eigenvalue weighted by molar-refractivity contribution is 6.20. The van der Waals surface area contributed by atoms with Crippen molar-refractivity contribution in [2.75, 3.05) is 0 Å². The second-order valence-electron chi connectivity index (χ2n) is 4.63. The first-order chi connectivity index (χ1) is 9.08. The first-order valence-electron chi connectivity index (χ1n) is 6.14. The predicted octanol–water partition coefficient (Wildman–Crippen LogP) is 3.02. The van der Waals surface area contributed by atoms with E-state index >= 15 is 0 Å². The van der Waals surface area contributed by atoms with Crippen LogP contribution < -0.4 is 0 Å². The number of alkyl halides is 1. The fourth-order valence-electron chi connectivity index (χ4n) is 2.37. The van der Waals surface area contributed by atoms with Gasteiger partial charge in [0, 0.05) is 7.05 Å². The molecular weight excluding hydrogens is 264 g/mol. The van der Waals surface area contributed by atoms with E-state index < -0.39 is 0 Å². The van der Waals surface area contributed by atoms with Crippen molar-refractivity contribution in [2.24, 2.45) is 7.05 Å². The van der Waals surface area contributed by atoms with Gasteiger partial charge in [-0.3, -0.25) is 4.68 Å². The maximum Gasteiger partial charge on any atom is 0.159 e. The molecule has 0 bridgehead atoms. The molecule has 3 aromatic heterocycles. The van der Waals surface area contributed by atoms with Gasteiger partial charge in [-0.2, -0.15) is 5.10 Å². The van der Waals surface area contributed by atoms with Crippen molar-refractivity contribution in [1.82, 2.24) is 19.3 Å². The summed E-state index contributed by atoms with van der Waals surface area (Å²) in [5, 5.41) is 4.24. The van der Waals surface area contributed by atoms with Gasteiger partial charge >= 0.3 is 0 Å². The van der Waals surface area contributed by atoms with Crippen LogP contribution in [0.1, 0.15) is 29.6 Å². The molecule has 0 aromatic carbocycles. The summed E-state index contributed by atoms with van der Waals surface area (Å²) in [4.78, 5) is 4.62. The van der Waals surface area contributed by atoms with E-state index in [1.165, 1.54) is 0 Å². The summed E-state index contributed by atoms with van der Waals surface area (Å²) in [5.41, 5.74) is 2.78. The van der Waals surface area contributed by atoms with Gasteiger partial charge in [0.05, 0.1) is 23.9 Å². The number of halogens is 1. The molecule has 0 fully saturated rings. The Kier molecular flexibility index (Phi) is 2.86.